The molecule has 2 nitrogen and oxygen atoms in total. The van der Waals surface area contributed by atoms with Crippen molar-refractivity contribution in [3.05, 3.63) is 60.7 Å². The maximum atomic E-state index is 5.82. The van der Waals surface area contributed by atoms with Crippen molar-refractivity contribution in [2.45, 2.75) is 26.1 Å². The highest BCUT2D eigenvalue weighted by atomic mass is 16.7. The molecule has 0 bridgehead atoms. The second-order valence-corrected chi connectivity index (χ2v) is 3.99. The molecule has 0 amide bonds. The van der Waals surface area contributed by atoms with Crippen LogP contribution in [0, 0.1) is 6.07 Å². The lowest BCUT2D eigenvalue weighted by Crippen LogP contribution is -2.23. The minimum atomic E-state index is -0.268. The van der Waals surface area contributed by atoms with Crippen molar-refractivity contribution in [1.82, 2.24) is 0 Å². The first kappa shape index (κ1) is 12.5. The van der Waals surface area contributed by atoms with Crippen LogP contribution in [0.3, 0.4) is 0 Å². The van der Waals surface area contributed by atoms with Crippen molar-refractivity contribution in [1.29, 1.82) is 0 Å². The average molecular weight is 241 g/mol. The van der Waals surface area contributed by atoms with Gasteiger partial charge in [0, 0.05) is 12.5 Å². The minimum absolute atomic E-state index is 0.268. The SMILES string of the molecule is CCCC(Oc1[c]cccc1)Oc1ccccc1. The van der Waals surface area contributed by atoms with Crippen LogP contribution >= 0.6 is 0 Å². The van der Waals surface area contributed by atoms with Gasteiger partial charge >= 0.3 is 0 Å². The van der Waals surface area contributed by atoms with Gasteiger partial charge in [-0.2, -0.15) is 0 Å². The summed E-state index contributed by atoms with van der Waals surface area (Å²) in [4.78, 5) is 0. The Bertz CT molecular complexity index is 398. The van der Waals surface area contributed by atoms with E-state index in [0.717, 1.165) is 18.6 Å². The number of benzene rings is 2. The molecule has 0 aliphatic carbocycles. The normalized spacial score (nSPS) is 10.3. The number of hydrogen-bond acceptors (Lipinski definition) is 2. The highest BCUT2D eigenvalue weighted by Crippen LogP contribution is 2.17. The van der Waals surface area contributed by atoms with E-state index in [1.54, 1.807) is 0 Å². The highest BCUT2D eigenvalue weighted by molar-refractivity contribution is 5.22. The summed E-state index contributed by atoms with van der Waals surface area (Å²) in [5.74, 6) is 1.54. The second kappa shape index (κ2) is 6.70. The molecule has 1 unspecified atom stereocenters. The summed E-state index contributed by atoms with van der Waals surface area (Å²) in [5.41, 5.74) is 0. The molecule has 1 atom stereocenters. The van der Waals surface area contributed by atoms with Gasteiger partial charge in [0.1, 0.15) is 11.5 Å². The van der Waals surface area contributed by atoms with Crippen molar-refractivity contribution < 1.29 is 9.47 Å². The average Bonchev–Trinajstić information content (AvgIpc) is 2.41. The Morgan fingerprint density at radius 2 is 1.78 bits per heavy atom. The summed E-state index contributed by atoms with van der Waals surface area (Å²) in [5, 5.41) is 0. The summed E-state index contributed by atoms with van der Waals surface area (Å²) in [6.07, 6.45) is 1.58. The fraction of sp³-hybridized carbons (Fsp3) is 0.250. The van der Waals surface area contributed by atoms with Gasteiger partial charge in [-0.1, -0.05) is 43.3 Å². The number of rotatable bonds is 6. The van der Waals surface area contributed by atoms with Crippen LogP contribution in [0.15, 0.2) is 54.6 Å². The third-order valence-corrected chi connectivity index (χ3v) is 2.47. The molecule has 18 heavy (non-hydrogen) atoms. The summed E-state index contributed by atoms with van der Waals surface area (Å²) in [6, 6.07) is 20.3. The molecule has 0 N–H and O–H groups in total. The molecule has 93 valence electrons. The van der Waals surface area contributed by atoms with Crippen LogP contribution in [-0.4, -0.2) is 6.29 Å². The van der Waals surface area contributed by atoms with Crippen LogP contribution in [-0.2, 0) is 0 Å². The van der Waals surface area contributed by atoms with Gasteiger partial charge in [0.25, 0.3) is 0 Å². The summed E-state index contributed by atoms with van der Waals surface area (Å²) < 4.78 is 11.6. The molecule has 2 heteroatoms. The van der Waals surface area contributed by atoms with E-state index in [4.69, 9.17) is 9.47 Å². The monoisotopic (exact) mass is 241 g/mol. The standard InChI is InChI=1S/C16H17O2/c1-2-9-16(17-14-10-5-3-6-11-14)18-15-12-7-4-8-13-15/h3-8,10-12,16H,2,9H2,1H3. The van der Waals surface area contributed by atoms with Crippen molar-refractivity contribution in [2.75, 3.05) is 0 Å². The Morgan fingerprint density at radius 3 is 2.44 bits per heavy atom. The smallest absolute Gasteiger partial charge is 0.241 e. The summed E-state index contributed by atoms with van der Waals surface area (Å²) >= 11 is 0. The van der Waals surface area contributed by atoms with E-state index < -0.39 is 0 Å². The lowest BCUT2D eigenvalue weighted by atomic mass is 10.3. The van der Waals surface area contributed by atoms with Crippen LogP contribution < -0.4 is 9.47 Å². The molecule has 2 aromatic rings. The summed E-state index contributed by atoms with van der Waals surface area (Å²) in [7, 11) is 0. The zero-order valence-corrected chi connectivity index (χ0v) is 10.5. The zero-order chi connectivity index (χ0) is 12.6. The highest BCUT2D eigenvalue weighted by Gasteiger charge is 2.10. The topological polar surface area (TPSA) is 18.5 Å². The minimum Gasteiger partial charge on any atom is -0.455 e. The molecule has 0 aliphatic rings. The Hall–Kier alpha value is -1.96. The first-order chi connectivity index (χ1) is 8.88. The maximum absolute atomic E-state index is 5.82. The van der Waals surface area contributed by atoms with Crippen LogP contribution in [0.4, 0.5) is 0 Å². The molecular weight excluding hydrogens is 224 g/mol. The van der Waals surface area contributed by atoms with Crippen molar-refractivity contribution in [3.8, 4) is 11.5 Å². The van der Waals surface area contributed by atoms with Crippen LogP contribution in [0.1, 0.15) is 19.8 Å². The number of ether oxygens (including phenoxy) is 2. The third-order valence-electron chi connectivity index (χ3n) is 2.47. The molecular formula is C16H17O2. The van der Waals surface area contributed by atoms with Gasteiger partial charge in [0.05, 0.1) is 0 Å². The molecule has 0 saturated heterocycles. The Labute approximate surface area is 108 Å². The van der Waals surface area contributed by atoms with E-state index >= 15 is 0 Å². The van der Waals surface area contributed by atoms with E-state index in [-0.39, 0.29) is 6.29 Å². The van der Waals surface area contributed by atoms with Gasteiger partial charge in [-0.3, -0.25) is 0 Å². The Morgan fingerprint density at radius 1 is 1.00 bits per heavy atom. The maximum Gasteiger partial charge on any atom is 0.241 e. The van der Waals surface area contributed by atoms with Crippen LogP contribution in [0.5, 0.6) is 11.5 Å². The first-order valence-electron chi connectivity index (χ1n) is 6.23. The quantitative estimate of drug-likeness (QED) is 0.710. The van der Waals surface area contributed by atoms with Gasteiger partial charge in [-0.05, 0) is 24.6 Å². The number of hydrogen-bond donors (Lipinski definition) is 0. The Balaban J connectivity index is 2.00. The van der Waals surface area contributed by atoms with Gasteiger partial charge < -0.3 is 9.47 Å². The van der Waals surface area contributed by atoms with Gasteiger partial charge in [0.2, 0.25) is 6.29 Å². The lowest BCUT2D eigenvalue weighted by molar-refractivity contribution is -0.00123. The third kappa shape index (κ3) is 3.81. The molecule has 2 rings (SSSR count). The van der Waals surface area contributed by atoms with Crippen LogP contribution in [0.2, 0.25) is 0 Å². The van der Waals surface area contributed by atoms with E-state index in [1.807, 2.05) is 54.6 Å². The molecule has 0 heterocycles. The van der Waals surface area contributed by atoms with E-state index in [0.29, 0.717) is 5.75 Å². The molecule has 0 saturated carbocycles. The molecule has 0 aliphatic heterocycles. The first-order valence-corrected chi connectivity index (χ1v) is 6.23. The molecule has 0 fully saturated rings. The van der Waals surface area contributed by atoms with Gasteiger partial charge in [0.15, 0.2) is 0 Å². The van der Waals surface area contributed by atoms with Crippen LogP contribution in [0.25, 0.3) is 0 Å². The number of para-hydroxylation sites is 2. The summed E-state index contributed by atoms with van der Waals surface area (Å²) in [6.45, 7) is 2.11. The van der Waals surface area contributed by atoms with E-state index in [2.05, 4.69) is 13.0 Å². The lowest BCUT2D eigenvalue weighted by Gasteiger charge is -2.19. The van der Waals surface area contributed by atoms with Crippen molar-refractivity contribution in [2.24, 2.45) is 0 Å². The molecule has 2 aromatic carbocycles. The largest absolute Gasteiger partial charge is 0.455 e. The van der Waals surface area contributed by atoms with E-state index in [1.165, 1.54) is 0 Å². The van der Waals surface area contributed by atoms with Gasteiger partial charge in [-0.15, -0.1) is 0 Å². The fourth-order valence-electron chi connectivity index (χ4n) is 1.62. The van der Waals surface area contributed by atoms with E-state index in [9.17, 15) is 0 Å². The molecule has 0 spiro atoms. The molecule has 0 aromatic heterocycles. The van der Waals surface area contributed by atoms with Gasteiger partial charge in [-0.25, -0.2) is 0 Å². The van der Waals surface area contributed by atoms with Crippen molar-refractivity contribution >= 4 is 0 Å². The molecule has 1 radical (unpaired) electrons. The van der Waals surface area contributed by atoms with Crippen molar-refractivity contribution in [3.63, 3.8) is 0 Å². The Kier molecular flexibility index (Phi) is 4.65. The second-order valence-electron chi connectivity index (χ2n) is 3.99. The predicted molar refractivity (Wildman–Crippen MR) is 71.7 cm³/mol. The predicted octanol–water partition coefficient (Wildman–Crippen LogP) is 4.07. The zero-order valence-electron chi connectivity index (χ0n) is 10.5. The fourth-order valence-corrected chi connectivity index (χ4v) is 1.62.